The summed E-state index contributed by atoms with van der Waals surface area (Å²) in [5.74, 6) is 1.54. The number of methoxy groups -OCH3 is 1. The second-order valence-electron chi connectivity index (χ2n) is 7.66. The van der Waals surface area contributed by atoms with Gasteiger partial charge in [0.2, 0.25) is 0 Å². The summed E-state index contributed by atoms with van der Waals surface area (Å²) in [4.78, 5) is 14.8. The van der Waals surface area contributed by atoms with Crippen molar-refractivity contribution in [3.8, 4) is 11.5 Å². The molecule has 1 heterocycles. The van der Waals surface area contributed by atoms with Gasteiger partial charge in [0, 0.05) is 17.8 Å². The lowest BCUT2D eigenvalue weighted by Crippen LogP contribution is -2.15. The Morgan fingerprint density at radius 2 is 1.84 bits per heavy atom. The van der Waals surface area contributed by atoms with Gasteiger partial charge in [-0.15, -0.1) is 0 Å². The molecular weight excluding hydrogens is 394 g/mol. The number of aryl methyl sites for hydroxylation is 2. The molecule has 1 N–H and O–H groups in total. The number of hydrogen-bond donors (Lipinski definition) is 1. The molecule has 7 nitrogen and oxygen atoms in total. The largest absolute Gasteiger partial charge is 0.493 e. The van der Waals surface area contributed by atoms with Crippen molar-refractivity contribution in [3.63, 3.8) is 0 Å². The first-order chi connectivity index (χ1) is 14.9. The van der Waals surface area contributed by atoms with E-state index in [1.54, 1.807) is 25.3 Å². The molecule has 31 heavy (non-hydrogen) atoms. The fraction of sp³-hybridized carbons (Fsp3) is 0.333. The Morgan fingerprint density at radius 1 is 1.10 bits per heavy atom. The highest BCUT2D eigenvalue weighted by Crippen LogP contribution is 2.30. The number of carbonyl (C=O) groups excluding carboxylic acids is 1. The molecule has 0 saturated carbocycles. The number of ether oxygens (including phenoxy) is 2. The summed E-state index contributed by atoms with van der Waals surface area (Å²) in [5.41, 5.74) is 4.15. The van der Waals surface area contributed by atoms with Gasteiger partial charge in [0.15, 0.2) is 11.5 Å². The van der Waals surface area contributed by atoms with Crippen molar-refractivity contribution in [1.29, 1.82) is 0 Å². The monoisotopic (exact) mass is 423 g/mol. The zero-order chi connectivity index (χ0) is 22.4. The van der Waals surface area contributed by atoms with Crippen molar-refractivity contribution >= 4 is 11.6 Å². The molecule has 0 fully saturated rings. The van der Waals surface area contributed by atoms with Crippen molar-refractivity contribution in [3.05, 3.63) is 70.6 Å². The van der Waals surface area contributed by atoms with Crippen LogP contribution in [-0.2, 0) is 13.0 Å². The molecule has 0 aliphatic carbocycles. The van der Waals surface area contributed by atoms with Crippen LogP contribution in [-0.4, -0.2) is 43.7 Å². The summed E-state index contributed by atoms with van der Waals surface area (Å²) >= 11 is 0. The van der Waals surface area contributed by atoms with Crippen molar-refractivity contribution in [2.75, 3.05) is 33.1 Å². The molecule has 7 heteroatoms. The Kier molecular flexibility index (Phi) is 7.31. The second-order valence-corrected chi connectivity index (χ2v) is 7.66. The molecule has 0 atom stereocenters. The molecule has 1 amide bonds. The summed E-state index contributed by atoms with van der Waals surface area (Å²) in [6.45, 7) is 5.01. The first-order valence-electron chi connectivity index (χ1n) is 10.1. The van der Waals surface area contributed by atoms with Gasteiger partial charge in [-0.3, -0.25) is 4.79 Å². The quantitative estimate of drug-likeness (QED) is 0.555. The zero-order valence-electron chi connectivity index (χ0n) is 18.7. The van der Waals surface area contributed by atoms with E-state index < -0.39 is 0 Å². The molecular formula is C24H29N3O4. The third kappa shape index (κ3) is 5.86. The lowest BCUT2D eigenvalue weighted by molar-refractivity contribution is 0.102. The topological polar surface area (TPSA) is 76.8 Å². The maximum Gasteiger partial charge on any atom is 0.255 e. The molecule has 0 radical (unpaired) electrons. The minimum absolute atomic E-state index is 0.211. The van der Waals surface area contributed by atoms with Crippen molar-refractivity contribution in [2.45, 2.75) is 26.9 Å². The van der Waals surface area contributed by atoms with Gasteiger partial charge in [-0.05, 0) is 70.3 Å². The third-order valence-corrected chi connectivity index (χ3v) is 5.04. The van der Waals surface area contributed by atoms with Crippen LogP contribution in [0.4, 0.5) is 5.69 Å². The maximum absolute atomic E-state index is 12.7. The van der Waals surface area contributed by atoms with Crippen LogP contribution in [0.1, 0.15) is 32.9 Å². The van der Waals surface area contributed by atoms with Crippen molar-refractivity contribution < 1.29 is 18.8 Å². The van der Waals surface area contributed by atoms with Gasteiger partial charge in [0.1, 0.15) is 12.4 Å². The molecule has 0 aliphatic heterocycles. The van der Waals surface area contributed by atoms with E-state index in [2.05, 4.69) is 29.5 Å². The number of nitrogens with one attached hydrogen (secondary N) is 1. The van der Waals surface area contributed by atoms with Crippen LogP contribution in [0.15, 0.2) is 47.0 Å². The Balaban J connectivity index is 1.65. The Bertz CT molecular complexity index is 1010. The van der Waals surface area contributed by atoms with Crippen LogP contribution < -0.4 is 14.8 Å². The Morgan fingerprint density at radius 3 is 2.45 bits per heavy atom. The number of anilines is 1. The summed E-state index contributed by atoms with van der Waals surface area (Å²) in [5, 5.41) is 6.85. The number of carbonyl (C=O) groups is 1. The lowest BCUT2D eigenvalue weighted by atomic mass is 10.1. The highest BCUT2D eigenvalue weighted by atomic mass is 16.5. The lowest BCUT2D eigenvalue weighted by Gasteiger charge is -2.13. The van der Waals surface area contributed by atoms with Gasteiger partial charge in [0.25, 0.3) is 5.91 Å². The van der Waals surface area contributed by atoms with E-state index in [0.29, 0.717) is 23.7 Å². The number of rotatable bonds is 9. The van der Waals surface area contributed by atoms with E-state index in [1.165, 1.54) is 5.56 Å². The van der Waals surface area contributed by atoms with Crippen molar-refractivity contribution in [1.82, 2.24) is 10.1 Å². The molecule has 0 spiro atoms. The first kappa shape index (κ1) is 22.4. The highest BCUT2D eigenvalue weighted by molar-refractivity contribution is 6.04. The van der Waals surface area contributed by atoms with E-state index in [-0.39, 0.29) is 5.91 Å². The smallest absolute Gasteiger partial charge is 0.255 e. The fourth-order valence-electron chi connectivity index (χ4n) is 3.10. The van der Waals surface area contributed by atoms with Gasteiger partial charge in [0.05, 0.1) is 18.4 Å². The minimum Gasteiger partial charge on any atom is -0.493 e. The summed E-state index contributed by atoms with van der Waals surface area (Å²) in [6, 6.07) is 13.0. The SMILES string of the molecule is COc1cc(C(=O)Nc2ccc(CCN(C)C)cc2)ccc1OCc1c(C)noc1C. The van der Waals surface area contributed by atoms with E-state index in [1.807, 2.05) is 38.1 Å². The predicted octanol–water partition coefficient (Wildman–Crippen LogP) is 4.24. The van der Waals surface area contributed by atoms with Crippen LogP contribution >= 0.6 is 0 Å². The molecule has 0 bridgehead atoms. The summed E-state index contributed by atoms with van der Waals surface area (Å²) in [7, 11) is 5.65. The second kappa shape index (κ2) is 10.1. The number of amides is 1. The van der Waals surface area contributed by atoms with Crippen LogP contribution in [0, 0.1) is 13.8 Å². The van der Waals surface area contributed by atoms with Crippen molar-refractivity contribution in [2.24, 2.45) is 0 Å². The van der Waals surface area contributed by atoms with Gasteiger partial charge >= 0.3 is 0 Å². The van der Waals surface area contributed by atoms with Crippen LogP contribution in [0.2, 0.25) is 0 Å². The van der Waals surface area contributed by atoms with Crippen LogP contribution in [0.25, 0.3) is 0 Å². The average molecular weight is 424 g/mol. The molecule has 0 unspecified atom stereocenters. The summed E-state index contributed by atoms with van der Waals surface area (Å²) < 4.78 is 16.5. The zero-order valence-corrected chi connectivity index (χ0v) is 18.7. The maximum atomic E-state index is 12.7. The van der Waals surface area contributed by atoms with Crippen LogP contribution in [0.5, 0.6) is 11.5 Å². The Labute approximate surface area is 182 Å². The van der Waals surface area contributed by atoms with Crippen LogP contribution in [0.3, 0.4) is 0 Å². The third-order valence-electron chi connectivity index (χ3n) is 5.04. The molecule has 2 aromatic carbocycles. The fourth-order valence-corrected chi connectivity index (χ4v) is 3.10. The number of aromatic nitrogens is 1. The minimum atomic E-state index is -0.211. The predicted molar refractivity (Wildman–Crippen MR) is 120 cm³/mol. The number of benzene rings is 2. The summed E-state index contributed by atoms with van der Waals surface area (Å²) in [6.07, 6.45) is 0.966. The average Bonchev–Trinajstić information content (AvgIpc) is 3.08. The normalized spacial score (nSPS) is 10.9. The molecule has 0 aliphatic rings. The van der Waals surface area contributed by atoms with Gasteiger partial charge in [-0.1, -0.05) is 17.3 Å². The van der Waals surface area contributed by atoms with Gasteiger partial charge < -0.3 is 24.2 Å². The first-order valence-corrected chi connectivity index (χ1v) is 10.1. The van der Waals surface area contributed by atoms with Gasteiger partial charge in [-0.25, -0.2) is 0 Å². The molecule has 3 aromatic rings. The van der Waals surface area contributed by atoms with E-state index >= 15 is 0 Å². The van der Waals surface area contributed by atoms with E-state index in [4.69, 9.17) is 14.0 Å². The van der Waals surface area contributed by atoms with E-state index in [9.17, 15) is 4.79 Å². The molecule has 164 valence electrons. The highest BCUT2D eigenvalue weighted by Gasteiger charge is 2.14. The number of nitrogens with zero attached hydrogens (tertiary/aromatic N) is 2. The molecule has 0 saturated heterocycles. The Hall–Kier alpha value is -3.32. The van der Waals surface area contributed by atoms with Gasteiger partial charge in [-0.2, -0.15) is 0 Å². The standard InChI is InChI=1S/C24H29N3O4/c1-16-21(17(2)31-26-16)15-30-22-11-8-19(14-23(22)29-5)24(28)25-20-9-6-18(7-10-20)12-13-27(3)4/h6-11,14H,12-13,15H2,1-5H3,(H,25,28). The molecule has 1 aromatic heterocycles. The molecule has 3 rings (SSSR count). The van der Waals surface area contributed by atoms with E-state index in [0.717, 1.165) is 35.7 Å². The number of hydrogen-bond acceptors (Lipinski definition) is 6. The number of likely N-dealkylation sites (N-methyl/N-ethyl adjacent to an activating group) is 1.